The van der Waals surface area contributed by atoms with Crippen molar-refractivity contribution in [2.24, 2.45) is 0 Å². The summed E-state index contributed by atoms with van der Waals surface area (Å²) in [6.45, 7) is 0.608. The van der Waals surface area contributed by atoms with Crippen LogP contribution >= 0.6 is 23.1 Å². The number of thiophene rings is 1. The quantitative estimate of drug-likeness (QED) is 0.840. The molecule has 118 valence electrons. The number of thioether (sulfide) groups is 1. The van der Waals surface area contributed by atoms with Gasteiger partial charge in [0, 0.05) is 4.88 Å². The van der Waals surface area contributed by atoms with Gasteiger partial charge in [-0.15, -0.1) is 28.2 Å². The van der Waals surface area contributed by atoms with Crippen LogP contribution in [0.5, 0.6) is 0 Å². The summed E-state index contributed by atoms with van der Waals surface area (Å²) in [7, 11) is 0. The van der Waals surface area contributed by atoms with E-state index in [-0.39, 0.29) is 5.91 Å². The zero-order valence-corrected chi connectivity index (χ0v) is 13.9. The van der Waals surface area contributed by atoms with Crippen LogP contribution in [0, 0.1) is 0 Å². The molecular weight excluding hydrogens is 318 g/mol. The molecule has 0 unspecified atom stereocenters. The molecule has 1 fully saturated rings. The minimum Gasteiger partial charge on any atom is -0.350 e. The summed E-state index contributed by atoms with van der Waals surface area (Å²) in [6.07, 6.45) is 4.82. The first-order valence-corrected chi connectivity index (χ1v) is 9.50. The Balaban J connectivity index is 1.41. The Bertz CT molecular complexity index is 592. The molecule has 0 saturated heterocycles. The number of nitrogens with one attached hydrogen (secondary N) is 1. The largest absolute Gasteiger partial charge is 0.350 e. The molecule has 1 N–H and O–H groups in total. The first kappa shape index (κ1) is 15.5. The molecule has 0 aromatic carbocycles. The van der Waals surface area contributed by atoms with Crippen LogP contribution in [0.4, 0.5) is 0 Å². The minimum absolute atomic E-state index is 0.0540. The normalized spacial score (nSPS) is 15.3. The lowest BCUT2D eigenvalue weighted by atomic mass is 10.2. The lowest BCUT2D eigenvalue weighted by molar-refractivity contribution is -0.118. The molecule has 3 rings (SSSR count). The van der Waals surface area contributed by atoms with Crippen molar-refractivity contribution in [1.29, 1.82) is 0 Å². The van der Waals surface area contributed by atoms with Crippen molar-refractivity contribution in [3.63, 3.8) is 0 Å². The van der Waals surface area contributed by atoms with E-state index in [0.717, 1.165) is 18.7 Å². The number of rotatable bonds is 7. The van der Waals surface area contributed by atoms with Gasteiger partial charge in [-0.2, -0.15) is 0 Å². The second kappa shape index (κ2) is 7.73. The molecule has 0 radical (unpaired) electrons. The van der Waals surface area contributed by atoms with E-state index in [9.17, 15) is 4.79 Å². The molecule has 1 saturated carbocycles. The van der Waals surface area contributed by atoms with E-state index in [4.69, 9.17) is 0 Å². The predicted molar refractivity (Wildman–Crippen MR) is 87.6 cm³/mol. The van der Waals surface area contributed by atoms with Crippen LogP contribution in [0.1, 0.15) is 42.4 Å². The molecule has 0 aliphatic heterocycles. The Hall–Kier alpha value is -1.41. The Morgan fingerprint density at radius 2 is 2.32 bits per heavy atom. The minimum atomic E-state index is 0.0540. The summed E-state index contributed by atoms with van der Waals surface area (Å²) in [5.41, 5.74) is 0. The Morgan fingerprint density at radius 3 is 3.09 bits per heavy atom. The highest BCUT2D eigenvalue weighted by atomic mass is 32.2. The number of aromatic nitrogens is 4. The average molecular weight is 337 g/mol. The Kier molecular flexibility index (Phi) is 5.44. The molecule has 2 heterocycles. The van der Waals surface area contributed by atoms with Crippen LogP contribution in [0.3, 0.4) is 0 Å². The van der Waals surface area contributed by atoms with Crippen molar-refractivity contribution in [3.05, 3.63) is 28.2 Å². The SMILES string of the molecule is O=C(CSCc1nnnn1C1CCCC1)NCc1cccs1. The van der Waals surface area contributed by atoms with Crippen molar-refractivity contribution < 1.29 is 4.79 Å². The molecule has 0 atom stereocenters. The molecule has 2 aromatic rings. The summed E-state index contributed by atoms with van der Waals surface area (Å²) in [5, 5.41) is 16.9. The number of carbonyl (C=O) groups is 1. The van der Waals surface area contributed by atoms with Crippen LogP contribution in [-0.4, -0.2) is 31.9 Å². The average Bonchev–Trinajstić information content (AvgIpc) is 3.26. The summed E-state index contributed by atoms with van der Waals surface area (Å²) in [4.78, 5) is 13.0. The van der Waals surface area contributed by atoms with Crippen LogP contribution < -0.4 is 5.32 Å². The third-order valence-corrected chi connectivity index (χ3v) is 5.54. The van der Waals surface area contributed by atoms with Gasteiger partial charge >= 0.3 is 0 Å². The van der Waals surface area contributed by atoms with E-state index in [2.05, 4.69) is 20.8 Å². The molecular formula is C14H19N5OS2. The van der Waals surface area contributed by atoms with E-state index < -0.39 is 0 Å². The molecule has 1 aliphatic rings. The summed E-state index contributed by atoms with van der Waals surface area (Å²) < 4.78 is 1.95. The molecule has 0 bridgehead atoms. The molecule has 2 aromatic heterocycles. The van der Waals surface area contributed by atoms with Crippen LogP contribution in [-0.2, 0) is 17.1 Å². The van der Waals surface area contributed by atoms with E-state index in [1.54, 1.807) is 23.1 Å². The maximum absolute atomic E-state index is 11.8. The predicted octanol–water partition coefficient (Wildman–Crippen LogP) is 2.40. The summed E-state index contributed by atoms with van der Waals surface area (Å²) in [5.74, 6) is 2.04. The standard InChI is InChI=1S/C14H19N5OS2/c20-14(15-8-12-6-3-7-22-12)10-21-9-13-16-17-18-19(13)11-4-1-2-5-11/h3,6-7,11H,1-2,4-5,8-10H2,(H,15,20). The number of carbonyl (C=O) groups excluding carboxylic acids is 1. The van der Waals surface area contributed by atoms with Crippen molar-refractivity contribution in [3.8, 4) is 0 Å². The highest BCUT2D eigenvalue weighted by Gasteiger charge is 2.21. The first-order chi connectivity index (χ1) is 10.8. The van der Waals surface area contributed by atoms with Gasteiger partial charge in [-0.1, -0.05) is 18.9 Å². The highest BCUT2D eigenvalue weighted by Crippen LogP contribution is 2.29. The van der Waals surface area contributed by atoms with Gasteiger partial charge < -0.3 is 5.32 Å². The number of nitrogens with zero attached hydrogens (tertiary/aromatic N) is 4. The molecule has 1 aliphatic carbocycles. The molecule has 8 heteroatoms. The first-order valence-electron chi connectivity index (χ1n) is 7.46. The molecule has 22 heavy (non-hydrogen) atoms. The third-order valence-electron chi connectivity index (χ3n) is 3.74. The van der Waals surface area contributed by atoms with Crippen molar-refractivity contribution in [2.45, 2.75) is 44.0 Å². The fourth-order valence-corrected chi connectivity index (χ4v) is 4.03. The van der Waals surface area contributed by atoms with E-state index in [1.165, 1.54) is 17.7 Å². The van der Waals surface area contributed by atoms with E-state index >= 15 is 0 Å². The lowest BCUT2D eigenvalue weighted by Gasteiger charge is -2.10. The molecule has 6 nitrogen and oxygen atoms in total. The van der Waals surface area contributed by atoms with Gasteiger partial charge in [-0.05, 0) is 34.7 Å². The van der Waals surface area contributed by atoms with Crippen LogP contribution in [0.25, 0.3) is 0 Å². The van der Waals surface area contributed by atoms with E-state index in [1.807, 2.05) is 22.2 Å². The maximum Gasteiger partial charge on any atom is 0.230 e. The molecule has 1 amide bonds. The third kappa shape index (κ3) is 4.07. The zero-order chi connectivity index (χ0) is 15.2. The topological polar surface area (TPSA) is 72.7 Å². The number of hydrogen-bond donors (Lipinski definition) is 1. The number of hydrogen-bond acceptors (Lipinski definition) is 6. The number of amides is 1. The second-order valence-corrected chi connectivity index (χ2v) is 7.34. The van der Waals surface area contributed by atoms with Gasteiger partial charge in [0.25, 0.3) is 0 Å². The van der Waals surface area contributed by atoms with Gasteiger partial charge in [0.1, 0.15) is 0 Å². The molecule has 0 spiro atoms. The fourth-order valence-electron chi connectivity index (χ4n) is 2.62. The summed E-state index contributed by atoms with van der Waals surface area (Å²) in [6, 6.07) is 4.45. The van der Waals surface area contributed by atoms with Gasteiger partial charge in [0.15, 0.2) is 5.82 Å². The van der Waals surface area contributed by atoms with Gasteiger partial charge in [0.2, 0.25) is 5.91 Å². The highest BCUT2D eigenvalue weighted by molar-refractivity contribution is 7.99. The van der Waals surface area contributed by atoms with E-state index in [0.29, 0.717) is 24.1 Å². The second-order valence-electron chi connectivity index (χ2n) is 5.33. The smallest absolute Gasteiger partial charge is 0.230 e. The monoisotopic (exact) mass is 337 g/mol. The summed E-state index contributed by atoms with van der Waals surface area (Å²) >= 11 is 3.21. The van der Waals surface area contributed by atoms with Gasteiger partial charge in [0.05, 0.1) is 24.1 Å². The van der Waals surface area contributed by atoms with Gasteiger partial charge in [-0.25, -0.2) is 4.68 Å². The van der Waals surface area contributed by atoms with Crippen LogP contribution in [0.15, 0.2) is 17.5 Å². The van der Waals surface area contributed by atoms with Gasteiger partial charge in [-0.3, -0.25) is 4.79 Å². The number of tetrazole rings is 1. The van der Waals surface area contributed by atoms with Crippen molar-refractivity contribution in [1.82, 2.24) is 25.5 Å². The van der Waals surface area contributed by atoms with Crippen LogP contribution in [0.2, 0.25) is 0 Å². The Morgan fingerprint density at radius 1 is 1.45 bits per heavy atom. The zero-order valence-electron chi connectivity index (χ0n) is 12.3. The lowest BCUT2D eigenvalue weighted by Crippen LogP contribution is -2.24. The Labute approximate surface area is 137 Å². The maximum atomic E-state index is 11.8. The van der Waals surface area contributed by atoms with Crippen molar-refractivity contribution in [2.75, 3.05) is 5.75 Å². The van der Waals surface area contributed by atoms with Crippen molar-refractivity contribution >= 4 is 29.0 Å². The fraction of sp³-hybridized carbons (Fsp3) is 0.571.